The monoisotopic (exact) mass is 340 g/mol. The van der Waals surface area contributed by atoms with E-state index >= 15 is 0 Å². The van der Waals surface area contributed by atoms with Crippen molar-refractivity contribution in [1.82, 2.24) is 9.97 Å². The first-order valence-electron chi connectivity index (χ1n) is 4.64. The van der Waals surface area contributed by atoms with Crippen molar-refractivity contribution in [3.63, 3.8) is 0 Å². The number of nitrogens with zero attached hydrogens (tertiary/aromatic N) is 3. The zero-order valence-corrected chi connectivity index (χ0v) is 10.6. The van der Waals surface area contributed by atoms with Crippen LogP contribution in [0.4, 0.5) is 16.0 Å². The first kappa shape index (κ1) is 11.7. The third-order valence-corrected chi connectivity index (χ3v) is 2.84. The minimum absolute atomic E-state index is 0.277. The Morgan fingerprint density at radius 3 is 2.88 bits per heavy atom. The van der Waals surface area contributed by atoms with Crippen molar-refractivity contribution in [3.05, 3.63) is 45.5 Å². The molecule has 0 aliphatic rings. The minimum Gasteiger partial charge on any atom is -0.323 e. The standard InChI is InChI=1S/C11H6FIN4/c12-7-1-2-10(9(13)5-7)17-11-15-4-3-8(6-14)16-11/h1-5H,(H,15,16,17). The van der Waals surface area contributed by atoms with Crippen LogP contribution >= 0.6 is 22.6 Å². The second-order valence-corrected chi connectivity index (χ2v) is 4.29. The van der Waals surface area contributed by atoms with E-state index in [1.165, 1.54) is 24.4 Å². The van der Waals surface area contributed by atoms with Gasteiger partial charge in [0.15, 0.2) is 0 Å². The molecule has 0 bridgehead atoms. The van der Waals surface area contributed by atoms with E-state index in [9.17, 15) is 4.39 Å². The number of halogens is 2. The molecule has 0 amide bonds. The van der Waals surface area contributed by atoms with E-state index in [0.29, 0.717) is 15.2 Å². The summed E-state index contributed by atoms with van der Waals surface area (Å²) in [5, 5.41) is 11.6. The molecule has 84 valence electrons. The number of nitrogens with one attached hydrogen (secondary N) is 1. The van der Waals surface area contributed by atoms with E-state index in [1.54, 1.807) is 6.07 Å². The Balaban J connectivity index is 2.28. The fourth-order valence-electron chi connectivity index (χ4n) is 1.19. The normalized spacial score (nSPS) is 9.71. The maximum atomic E-state index is 12.9. The van der Waals surface area contributed by atoms with Crippen LogP contribution in [-0.2, 0) is 0 Å². The van der Waals surface area contributed by atoms with Gasteiger partial charge in [0.25, 0.3) is 0 Å². The summed E-state index contributed by atoms with van der Waals surface area (Å²) < 4.78 is 13.6. The first-order valence-corrected chi connectivity index (χ1v) is 5.72. The second-order valence-electron chi connectivity index (χ2n) is 3.13. The quantitative estimate of drug-likeness (QED) is 0.854. The molecule has 0 atom stereocenters. The van der Waals surface area contributed by atoms with Gasteiger partial charge in [-0.2, -0.15) is 5.26 Å². The molecule has 0 fully saturated rings. The molecule has 0 aliphatic heterocycles. The summed E-state index contributed by atoms with van der Waals surface area (Å²) in [6.45, 7) is 0. The lowest BCUT2D eigenvalue weighted by Gasteiger charge is -2.06. The van der Waals surface area contributed by atoms with Crippen LogP contribution in [0, 0.1) is 20.7 Å². The Morgan fingerprint density at radius 1 is 1.35 bits per heavy atom. The average molecular weight is 340 g/mol. The molecule has 0 spiro atoms. The SMILES string of the molecule is N#Cc1ccnc(Nc2ccc(F)cc2I)n1. The fourth-order valence-corrected chi connectivity index (χ4v) is 1.80. The zero-order chi connectivity index (χ0) is 12.3. The number of nitriles is 1. The lowest BCUT2D eigenvalue weighted by Crippen LogP contribution is -1.99. The maximum absolute atomic E-state index is 12.9. The Kier molecular flexibility index (Phi) is 3.49. The van der Waals surface area contributed by atoms with Gasteiger partial charge < -0.3 is 5.32 Å². The van der Waals surface area contributed by atoms with Gasteiger partial charge in [-0.05, 0) is 46.9 Å². The summed E-state index contributed by atoms with van der Waals surface area (Å²) in [7, 11) is 0. The van der Waals surface area contributed by atoms with Crippen LogP contribution in [0.2, 0.25) is 0 Å². The van der Waals surface area contributed by atoms with E-state index in [4.69, 9.17) is 5.26 Å². The van der Waals surface area contributed by atoms with E-state index < -0.39 is 0 Å². The smallest absolute Gasteiger partial charge is 0.228 e. The number of rotatable bonds is 2. The molecule has 0 saturated heterocycles. The Morgan fingerprint density at radius 2 is 2.18 bits per heavy atom. The van der Waals surface area contributed by atoms with Gasteiger partial charge in [-0.3, -0.25) is 0 Å². The molecule has 2 aromatic rings. The predicted molar refractivity (Wildman–Crippen MR) is 69.1 cm³/mol. The number of anilines is 2. The van der Waals surface area contributed by atoms with E-state index in [1.807, 2.05) is 28.7 Å². The Labute approximate surface area is 111 Å². The molecule has 1 N–H and O–H groups in total. The summed E-state index contributed by atoms with van der Waals surface area (Å²) >= 11 is 2.01. The van der Waals surface area contributed by atoms with Crippen LogP contribution in [0.15, 0.2) is 30.5 Å². The van der Waals surface area contributed by atoms with Gasteiger partial charge in [0, 0.05) is 9.77 Å². The van der Waals surface area contributed by atoms with Gasteiger partial charge in [0.05, 0.1) is 5.69 Å². The molecule has 0 radical (unpaired) electrons. The van der Waals surface area contributed by atoms with E-state index in [0.717, 1.165) is 0 Å². The Bertz CT molecular complexity index is 594. The molecule has 0 saturated carbocycles. The zero-order valence-electron chi connectivity index (χ0n) is 8.48. The second kappa shape index (κ2) is 5.05. The van der Waals surface area contributed by atoms with Crippen LogP contribution in [-0.4, -0.2) is 9.97 Å². The van der Waals surface area contributed by atoms with Crippen LogP contribution in [0.5, 0.6) is 0 Å². The molecule has 1 aromatic heterocycles. The highest BCUT2D eigenvalue weighted by Crippen LogP contribution is 2.21. The van der Waals surface area contributed by atoms with Crippen molar-refractivity contribution >= 4 is 34.2 Å². The van der Waals surface area contributed by atoms with Gasteiger partial charge in [-0.1, -0.05) is 0 Å². The van der Waals surface area contributed by atoms with Crippen LogP contribution < -0.4 is 5.32 Å². The maximum Gasteiger partial charge on any atom is 0.228 e. The number of hydrogen-bond donors (Lipinski definition) is 1. The van der Waals surface area contributed by atoms with Crippen LogP contribution in [0.1, 0.15) is 5.69 Å². The molecule has 4 nitrogen and oxygen atoms in total. The molecule has 2 rings (SSSR count). The lowest BCUT2D eigenvalue weighted by atomic mass is 10.3. The number of benzene rings is 1. The topological polar surface area (TPSA) is 61.6 Å². The Hall–Kier alpha value is -1.75. The molecular formula is C11H6FIN4. The minimum atomic E-state index is -0.299. The highest BCUT2D eigenvalue weighted by atomic mass is 127. The summed E-state index contributed by atoms with van der Waals surface area (Å²) in [4.78, 5) is 7.95. The summed E-state index contributed by atoms with van der Waals surface area (Å²) in [5.74, 6) is 0.0141. The third kappa shape index (κ3) is 2.88. The molecule has 17 heavy (non-hydrogen) atoms. The summed E-state index contributed by atoms with van der Waals surface area (Å²) in [5.41, 5.74) is 0.974. The van der Waals surface area contributed by atoms with Gasteiger partial charge >= 0.3 is 0 Å². The van der Waals surface area contributed by atoms with Gasteiger partial charge in [0.1, 0.15) is 17.6 Å². The third-order valence-electron chi connectivity index (χ3n) is 1.95. The molecule has 1 heterocycles. The van der Waals surface area contributed by atoms with Crippen molar-refractivity contribution in [3.8, 4) is 6.07 Å². The largest absolute Gasteiger partial charge is 0.323 e. The predicted octanol–water partition coefficient (Wildman–Crippen LogP) is 2.84. The molecule has 6 heteroatoms. The molecule has 0 aliphatic carbocycles. The first-order chi connectivity index (χ1) is 8.19. The van der Waals surface area contributed by atoms with Gasteiger partial charge in [-0.25, -0.2) is 14.4 Å². The molecule has 0 unspecified atom stereocenters. The van der Waals surface area contributed by atoms with Gasteiger partial charge in [-0.15, -0.1) is 0 Å². The van der Waals surface area contributed by atoms with Crippen LogP contribution in [0.3, 0.4) is 0 Å². The van der Waals surface area contributed by atoms with Gasteiger partial charge in [0.2, 0.25) is 5.95 Å². The van der Waals surface area contributed by atoms with Crippen molar-refractivity contribution in [2.75, 3.05) is 5.32 Å². The van der Waals surface area contributed by atoms with Crippen LogP contribution in [0.25, 0.3) is 0 Å². The number of aromatic nitrogens is 2. The van der Waals surface area contributed by atoms with Crippen molar-refractivity contribution in [1.29, 1.82) is 5.26 Å². The highest BCUT2D eigenvalue weighted by molar-refractivity contribution is 14.1. The average Bonchev–Trinajstić information content (AvgIpc) is 2.33. The fraction of sp³-hybridized carbons (Fsp3) is 0. The van der Waals surface area contributed by atoms with E-state index in [2.05, 4.69) is 15.3 Å². The van der Waals surface area contributed by atoms with Crippen molar-refractivity contribution in [2.45, 2.75) is 0 Å². The van der Waals surface area contributed by atoms with Crippen molar-refractivity contribution < 1.29 is 4.39 Å². The lowest BCUT2D eigenvalue weighted by molar-refractivity contribution is 0.627. The molecular weight excluding hydrogens is 334 g/mol. The van der Waals surface area contributed by atoms with E-state index in [-0.39, 0.29) is 11.5 Å². The van der Waals surface area contributed by atoms with Crippen molar-refractivity contribution in [2.24, 2.45) is 0 Å². The number of hydrogen-bond acceptors (Lipinski definition) is 4. The summed E-state index contributed by atoms with van der Waals surface area (Å²) in [6, 6.07) is 7.78. The highest BCUT2D eigenvalue weighted by Gasteiger charge is 2.04. The molecule has 1 aromatic carbocycles. The summed E-state index contributed by atoms with van der Waals surface area (Å²) in [6.07, 6.45) is 1.49.